The van der Waals surface area contributed by atoms with Crippen molar-refractivity contribution in [1.29, 1.82) is 0 Å². The van der Waals surface area contributed by atoms with E-state index < -0.39 is 0 Å². The number of hydrogen-bond acceptors (Lipinski definition) is 4. The predicted molar refractivity (Wildman–Crippen MR) is 54.7 cm³/mol. The highest BCUT2D eigenvalue weighted by Crippen LogP contribution is 2.23. The van der Waals surface area contributed by atoms with E-state index in [1.165, 1.54) is 0 Å². The Morgan fingerprint density at radius 3 is 3.00 bits per heavy atom. The number of likely N-dealkylation sites (N-methyl/N-ethyl adjacent to an activating group) is 1. The molecule has 5 heteroatoms. The van der Waals surface area contributed by atoms with E-state index in [1.807, 2.05) is 25.4 Å². The fourth-order valence-electron chi connectivity index (χ4n) is 1.20. The average Bonchev–Trinajstić information content (AvgIpc) is 2.51. The van der Waals surface area contributed by atoms with E-state index in [0.717, 1.165) is 29.5 Å². The van der Waals surface area contributed by atoms with Crippen molar-refractivity contribution < 1.29 is 0 Å². The molecule has 0 radical (unpaired) electrons. The summed E-state index contributed by atoms with van der Waals surface area (Å²) in [7, 11) is 2.01. The summed E-state index contributed by atoms with van der Waals surface area (Å²) in [5, 5.41) is 0.500. The molecule has 1 aliphatic rings. The lowest BCUT2D eigenvalue weighted by Crippen LogP contribution is -2.16. The van der Waals surface area contributed by atoms with Gasteiger partial charge in [0.15, 0.2) is 5.15 Å². The molecule has 0 N–H and O–H groups in total. The summed E-state index contributed by atoms with van der Waals surface area (Å²) in [6, 6.07) is 0. The molecule has 0 saturated carbocycles. The molecule has 0 aromatic carbocycles. The van der Waals surface area contributed by atoms with Crippen LogP contribution >= 0.6 is 23.3 Å². The van der Waals surface area contributed by atoms with Gasteiger partial charge in [-0.15, -0.1) is 0 Å². The molecular formula is C8H8ClN3S. The van der Waals surface area contributed by atoms with E-state index in [1.54, 1.807) is 0 Å². The average molecular weight is 214 g/mol. The predicted octanol–water partition coefficient (Wildman–Crippen LogP) is 2.03. The Bertz CT molecular complexity index is 369. The van der Waals surface area contributed by atoms with Crippen LogP contribution in [0.15, 0.2) is 18.4 Å². The molecule has 0 spiro atoms. The van der Waals surface area contributed by atoms with Crippen LogP contribution in [0.2, 0.25) is 5.15 Å². The maximum Gasteiger partial charge on any atom is 0.170 e. The number of hydrogen-bond donors (Lipinski definition) is 0. The second kappa shape index (κ2) is 3.47. The van der Waals surface area contributed by atoms with E-state index in [4.69, 9.17) is 11.6 Å². The summed E-state index contributed by atoms with van der Waals surface area (Å²) in [5.41, 5.74) is 1.92. The first-order valence-corrected chi connectivity index (χ1v) is 4.94. The van der Waals surface area contributed by atoms with Gasteiger partial charge in [-0.05, 0) is 12.3 Å². The van der Waals surface area contributed by atoms with Crippen molar-refractivity contribution in [3.05, 3.63) is 29.2 Å². The van der Waals surface area contributed by atoms with Gasteiger partial charge in [0.1, 0.15) is 5.69 Å². The van der Waals surface area contributed by atoms with Gasteiger partial charge in [0.2, 0.25) is 0 Å². The molecule has 0 bridgehead atoms. The molecule has 1 aliphatic heterocycles. The maximum atomic E-state index is 5.87. The molecular weight excluding hydrogens is 206 g/mol. The molecule has 0 fully saturated rings. The van der Waals surface area contributed by atoms with Gasteiger partial charge in [-0.25, -0.2) is 0 Å². The van der Waals surface area contributed by atoms with Crippen LogP contribution in [0.1, 0.15) is 5.69 Å². The van der Waals surface area contributed by atoms with Crippen molar-refractivity contribution >= 4 is 28.9 Å². The number of aromatic nitrogens is 2. The highest BCUT2D eigenvalue weighted by Gasteiger charge is 2.13. The van der Waals surface area contributed by atoms with Crippen molar-refractivity contribution in [3.63, 3.8) is 0 Å². The van der Waals surface area contributed by atoms with E-state index in [9.17, 15) is 0 Å². The second-order valence-electron chi connectivity index (χ2n) is 2.85. The van der Waals surface area contributed by atoms with Crippen LogP contribution in [0.5, 0.6) is 0 Å². The topological polar surface area (TPSA) is 29.0 Å². The zero-order valence-corrected chi connectivity index (χ0v) is 8.64. The normalized spacial score (nSPS) is 16.2. The monoisotopic (exact) mass is 213 g/mol. The Morgan fingerprint density at radius 1 is 1.54 bits per heavy atom. The van der Waals surface area contributed by atoms with Crippen LogP contribution in [0.3, 0.4) is 0 Å². The Kier molecular flexibility index (Phi) is 2.33. The third-order valence-electron chi connectivity index (χ3n) is 1.81. The molecule has 1 aromatic heterocycles. The lowest BCUT2D eigenvalue weighted by molar-refractivity contribution is 0.512. The molecule has 13 heavy (non-hydrogen) atoms. The smallest absolute Gasteiger partial charge is 0.170 e. The highest BCUT2D eigenvalue weighted by molar-refractivity contribution is 6.99. The van der Waals surface area contributed by atoms with Gasteiger partial charge in [-0.3, -0.25) is 0 Å². The van der Waals surface area contributed by atoms with Crippen LogP contribution < -0.4 is 0 Å². The van der Waals surface area contributed by atoms with Gasteiger partial charge in [-0.2, -0.15) is 8.75 Å². The lowest BCUT2D eigenvalue weighted by atomic mass is 10.1. The Balaban J connectivity index is 2.32. The third kappa shape index (κ3) is 1.73. The SMILES string of the molecule is CN1C=CC=C(c2nsnc2Cl)C1. The third-order valence-corrected chi connectivity index (χ3v) is 2.70. The van der Waals surface area contributed by atoms with Crippen LogP contribution in [0, 0.1) is 0 Å². The van der Waals surface area contributed by atoms with Gasteiger partial charge in [0.25, 0.3) is 0 Å². The van der Waals surface area contributed by atoms with Crippen molar-refractivity contribution in [2.75, 3.05) is 13.6 Å². The zero-order valence-electron chi connectivity index (χ0n) is 7.07. The van der Waals surface area contributed by atoms with Gasteiger partial charge in [0, 0.05) is 19.2 Å². The van der Waals surface area contributed by atoms with Crippen LogP contribution in [0.25, 0.3) is 5.57 Å². The van der Waals surface area contributed by atoms with E-state index in [0.29, 0.717) is 5.15 Å². The van der Waals surface area contributed by atoms with Gasteiger partial charge in [-0.1, -0.05) is 17.7 Å². The number of nitrogens with zero attached hydrogens (tertiary/aromatic N) is 3. The molecule has 0 aliphatic carbocycles. The minimum Gasteiger partial charge on any atom is -0.376 e. The number of allylic oxidation sites excluding steroid dienone is 2. The summed E-state index contributed by atoms with van der Waals surface area (Å²) in [4.78, 5) is 2.07. The fourth-order valence-corrected chi connectivity index (χ4v) is 1.99. The largest absolute Gasteiger partial charge is 0.376 e. The summed E-state index contributed by atoms with van der Waals surface area (Å²) in [6.07, 6.45) is 6.01. The molecule has 68 valence electrons. The molecule has 0 unspecified atom stereocenters. The Morgan fingerprint density at radius 2 is 2.38 bits per heavy atom. The number of rotatable bonds is 1. The van der Waals surface area contributed by atoms with E-state index in [2.05, 4.69) is 13.6 Å². The molecule has 0 atom stereocenters. The van der Waals surface area contributed by atoms with Crippen molar-refractivity contribution in [3.8, 4) is 0 Å². The van der Waals surface area contributed by atoms with Gasteiger partial charge >= 0.3 is 0 Å². The first-order chi connectivity index (χ1) is 6.27. The molecule has 3 nitrogen and oxygen atoms in total. The van der Waals surface area contributed by atoms with E-state index >= 15 is 0 Å². The summed E-state index contributed by atoms with van der Waals surface area (Å²) < 4.78 is 8.07. The molecule has 2 rings (SSSR count). The van der Waals surface area contributed by atoms with Crippen LogP contribution in [0.4, 0.5) is 0 Å². The fraction of sp³-hybridized carbons (Fsp3) is 0.250. The Hall–Kier alpha value is -0.870. The minimum atomic E-state index is 0.500. The van der Waals surface area contributed by atoms with E-state index in [-0.39, 0.29) is 0 Å². The van der Waals surface area contributed by atoms with Gasteiger partial charge < -0.3 is 4.90 Å². The zero-order chi connectivity index (χ0) is 9.26. The second-order valence-corrected chi connectivity index (χ2v) is 3.74. The molecule has 1 aromatic rings. The Labute approximate surface area is 85.7 Å². The van der Waals surface area contributed by atoms with Gasteiger partial charge in [0.05, 0.1) is 11.7 Å². The minimum absolute atomic E-state index is 0.500. The summed E-state index contributed by atoms with van der Waals surface area (Å²) >= 11 is 7.02. The van der Waals surface area contributed by atoms with Crippen LogP contribution in [-0.4, -0.2) is 27.2 Å². The number of halogens is 1. The molecule has 2 heterocycles. The quantitative estimate of drug-likeness (QED) is 0.715. The first-order valence-electron chi connectivity index (χ1n) is 3.83. The summed E-state index contributed by atoms with van der Waals surface area (Å²) in [6.45, 7) is 0.835. The first kappa shape index (κ1) is 8.72. The highest BCUT2D eigenvalue weighted by atomic mass is 35.5. The standard InChI is InChI=1S/C8H8ClN3S/c1-12-4-2-3-6(5-12)7-8(9)11-13-10-7/h2-4H,5H2,1H3. The van der Waals surface area contributed by atoms with Crippen molar-refractivity contribution in [2.45, 2.75) is 0 Å². The maximum absolute atomic E-state index is 5.87. The molecule has 0 saturated heterocycles. The molecule has 0 amide bonds. The lowest BCUT2D eigenvalue weighted by Gasteiger charge is -2.18. The van der Waals surface area contributed by atoms with Crippen molar-refractivity contribution in [1.82, 2.24) is 13.6 Å². The van der Waals surface area contributed by atoms with Crippen molar-refractivity contribution in [2.24, 2.45) is 0 Å². The summed E-state index contributed by atoms with van der Waals surface area (Å²) in [5.74, 6) is 0. The van der Waals surface area contributed by atoms with Crippen LogP contribution in [-0.2, 0) is 0 Å².